The van der Waals surface area contributed by atoms with Crippen LogP contribution < -0.4 is 20.2 Å². The molecular weight excluding hydrogens is 828 g/mol. The third-order valence-corrected chi connectivity index (χ3v) is 13.0. The molecule has 5 atom stereocenters. The first-order valence-electron chi connectivity index (χ1n) is 21.6. The Kier molecular flexibility index (Phi) is 14.9. The van der Waals surface area contributed by atoms with Gasteiger partial charge in [-0.25, -0.2) is 19.9 Å². The van der Waals surface area contributed by atoms with Crippen LogP contribution in [0.2, 0.25) is 0 Å². The molecule has 7 aromatic rings. The Morgan fingerprint density at radius 2 is 1.58 bits per heavy atom. The quantitative estimate of drug-likeness (QED) is 0.0377. The van der Waals surface area contributed by atoms with Crippen LogP contribution in [-0.4, -0.2) is 68.6 Å². The number of hydrogen-bond acceptors (Lipinski definition) is 12. The molecule has 4 heterocycles. The van der Waals surface area contributed by atoms with E-state index in [9.17, 15) is 5.26 Å². The van der Waals surface area contributed by atoms with Crippen molar-refractivity contribution in [1.82, 2.24) is 29.5 Å². The predicted octanol–water partition coefficient (Wildman–Crippen LogP) is 9.38. The summed E-state index contributed by atoms with van der Waals surface area (Å²) in [6.07, 6.45) is 8.99. The molecule has 4 aromatic carbocycles. The van der Waals surface area contributed by atoms with Crippen molar-refractivity contribution in [3.05, 3.63) is 157 Å². The molecule has 0 radical (unpaired) electrons. The molecule has 1 aliphatic heterocycles. The van der Waals surface area contributed by atoms with E-state index in [1.54, 1.807) is 33.1 Å². The summed E-state index contributed by atoms with van der Waals surface area (Å²) in [5.41, 5.74) is 4.63. The van der Waals surface area contributed by atoms with Gasteiger partial charge in [-0.05, 0) is 52.9 Å². The molecule has 14 nitrogen and oxygen atoms in total. The van der Waals surface area contributed by atoms with Crippen molar-refractivity contribution in [1.29, 1.82) is 5.26 Å². The SMILES string of the molecule is CCCCCC(CC#N)OP(OC1CC(n2cnc3c(NCc4ccccc4)ncnc32)OC1COC(c1ccccc1)(c1ccc(OC)cc1)c1ccc(OC)cc1)c1cnc[nH]1. The van der Waals surface area contributed by atoms with Crippen molar-refractivity contribution in [3.63, 3.8) is 0 Å². The molecule has 3 aromatic heterocycles. The van der Waals surface area contributed by atoms with Crippen molar-refractivity contribution in [2.45, 2.75) is 82.1 Å². The molecule has 0 amide bonds. The van der Waals surface area contributed by atoms with Crippen molar-refractivity contribution in [3.8, 4) is 17.6 Å². The van der Waals surface area contributed by atoms with Crippen molar-refractivity contribution >= 4 is 30.8 Å². The zero-order chi connectivity index (χ0) is 44.1. The van der Waals surface area contributed by atoms with E-state index in [2.05, 4.69) is 57.5 Å². The number of imidazole rings is 2. The van der Waals surface area contributed by atoms with Crippen LogP contribution in [0.1, 0.15) is 73.9 Å². The summed E-state index contributed by atoms with van der Waals surface area (Å²) in [7, 11) is 1.56. The number of H-pyrrole nitrogens is 1. The van der Waals surface area contributed by atoms with Gasteiger partial charge in [-0.2, -0.15) is 5.26 Å². The first-order valence-corrected chi connectivity index (χ1v) is 22.8. The normalized spacial score (nSPS) is 17.2. The molecule has 64 heavy (non-hydrogen) atoms. The highest BCUT2D eigenvalue weighted by atomic mass is 31.2. The Morgan fingerprint density at radius 3 is 2.22 bits per heavy atom. The second-order valence-corrected chi connectivity index (χ2v) is 16.9. The van der Waals surface area contributed by atoms with Crippen LogP contribution in [0.4, 0.5) is 5.82 Å². The van der Waals surface area contributed by atoms with E-state index in [1.807, 2.05) is 89.5 Å². The number of anilines is 1. The number of ether oxygens (including phenoxy) is 4. The maximum atomic E-state index is 9.83. The fourth-order valence-corrected chi connectivity index (χ4v) is 9.57. The number of nitrogens with zero attached hydrogens (tertiary/aromatic N) is 6. The Hall–Kier alpha value is -6.20. The van der Waals surface area contributed by atoms with E-state index >= 15 is 0 Å². The molecule has 0 aliphatic carbocycles. The Morgan fingerprint density at radius 1 is 0.891 bits per heavy atom. The fourth-order valence-electron chi connectivity index (χ4n) is 8.05. The van der Waals surface area contributed by atoms with E-state index in [-0.39, 0.29) is 19.1 Å². The lowest BCUT2D eigenvalue weighted by Gasteiger charge is -2.37. The van der Waals surface area contributed by atoms with Gasteiger partial charge < -0.3 is 38.3 Å². The summed E-state index contributed by atoms with van der Waals surface area (Å²) < 4.78 is 41.4. The number of aromatic amines is 1. The molecule has 15 heteroatoms. The number of methoxy groups -OCH3 is 2. The van der Waals surface area contributed by atoms with Crippen LogP contribution >= 0.6 is 8.38 Å². The highest BCUT2D eigenvalue weighted by Crippen LogP contribution is 2.48. The molecule has 8 rings (SSSR count). The third-order valence-electron chi connectivity index (χ3n) is 11.4. The van der Waals surface area contributed by atoms with E-state index in [0.717, 1.165) is 59.4 Å². The Labute approximate surface area is 374 Å². The maximum Gasteiger partial charge on any atom is 0.225 e. The number of nitriles is 1. The van der Waals surface area contributed by atoms with Crippen molar-refractivity contribution in [2.24, 2.45) is 0 Å². The average Bonchev–Trinajstić information content (AvgIpc) is 4.13. The Balaban J connectivity index is 1.16. The predicted molar refractivity (Wildman–Crippen MR) is 245 cm³/mol. The number of nitrogens with one attached hydrogen (secondary N) is 2. The summed E-state index contributed by atoms with van der Waals surface area (Å²) in [4.78, 5) is 21.6. The summed E-state index contributed by atoms with van der Waals surface area (Å²) in [6.45, 7) is 2.83. The smallest absolute Gasteiger partial charge is 0.225 e. The second kappa shape index (κ2) is 21.5. The lowest BCUT2D eigenvalue weighted by atomic mass is 9.80. The largest absolute Gasteiger partial charge is 0.497 e. The van der Waals surface area contributed by atoms with Gasteiger partial charge in [0.05, 0.1) is 64.4 Å². The van der Waals surface area contributed by atoms with Gasteiger partial charge >= 0.3 is 0 Å². The molecule has 2 N–H and O–H groups in total. The van der Waals surface area contributed by atoms with Crippen LogP contribution in [0, 0.1) is 11.3 Å². The van der Waals surface area contributed by atoms with Gasteiger partial charge in [0.15, 0.2) is 17.0 Å². The first kappa shape index (κ1) is 44.4. The molecular formula is C49H53N8O6P. The minimum atomic E-state index is -1.75. The van der Waals surface area contributed by atoms with E-state index in [1.165, 1.54) is 6.33 Å². The molecule has 330 valence electrons. The average molecular weight is 881 g/mol. The van der Waals surface area contributed by atoms with Crippen molar-refractivity contribution in [2.75, 3.05) is 26.1 Å². The number of hydrogen-bond donors (Lipinski definition) is 2. The van der Waals surface area contributed by atoms with Gasteiger partial charge in [-0.1, -0.05) is 111 Å². The fraction of sp³-hybridized carbons (Fsp3) is 0.327. The highest BCUT2D eigenvalue weighted by molar-refractivity contribution is 7.55. The zero-order valence-electron chi connectivity index (χ0n) is 36.2. The summed E-state index contributed by atoms with van der Waals surface area (Å²) in [5.74, 6) is 2.07. The number of benzene rings is 4. The highest BCUT2D eigenvalue weighted by Gasteiger charge is 2.45. The number of rotatable bonds is 22. The molecule has 1 fully saturated rings. The minimum absolute atomic E-state index is 0.101. The van der Waals surface area contributed by atoms with Crippen LogP contribution in [0.3, 0.4) is 0 Å². The van der Waals surface area contributed by atoms with Crippen LogP contribution in [-0.2, 0) is 30.7 Å². The molecule has 0 saturated carbocycles. The lowest BCUT2D eigenvalue weighted by molar-refractivity contribution is -0.0904. The topological polar surface area (TPSA) is 163 Å². The number of fused-ring (bicyclic) bond motifs is 1. The van der Waals surface area contributed by atoms with Gasteiger partial charge in [0.1, 0.15) is 41.2 Å². The van der Waals surface area contributed by atoms with Gasteiger partial charge in [0.25, 0.3) is 0 Å². The van der Waals surface area contributed by atoms with E-state index in [0.29, 0.717) is 35.4 Å². The molecule has 1 saturated heterocycles. The standard InChI is InChI=1S/C49H53N8O6P/c1-4-5-8-17-41(26-27-50)62-64(44-30-51-32-53-44)63-42-28-45(57-34-56-46-47(54-33-55-48(46)57)52-29-35-13-9-6-10-14-35)61-43(42)31-60-49(36-15-11-7-12-16-36,37-18-22-39(58-2)23-19-37)38-20-24-40(59-3)25-21-38/h6-7,9-16,18-25,30,32-34,41-43,45H,4-5,8,17,26,28-29,31H2,1-3H3,(H,51,53)(H,52,54,55). The molecule has 1 aliphatic rings. The van der Waals surface area contributed by atoms with E-state index < -0.39 is 32.4 Å². The van der Waals surface area contributed by atoms with Gasteiger partial charge in [-0.3, -0.25) is 4.57 Å². The van der Waals surface area contributed by atoms with Crippen LogP contribution in [0.15, 0.2) is 134 Å². The Bertz CT molecular complexity index is 2490. The van der Waals surface area contributed by atoms with Gasteiger partial charge in [0.2, 0.25) is 8.38 Å². The van der Waals surface area contributed by atoms with Gasteiger partial charge in [0, 0.05) is 13.0 Å². The summed E-state index contributed by atoms with van der Waals surface area (Å²) >= 11 is 0. The zero-order valence-corrected chi connectivity index (χ0v) is 37.1. The van der Waals surface area contributed by atoms with Gasteiger partial charge in [-0.15, -0.1) is 0 Å². The molecule has 5 unspecified atom stereocenters. The van der Waals surface area contributed by atoms with Crippen LogP contribution in [0.25, 0.3) is 11.2 Å². The number of unbranched alkanes of at least 4 members (excludes halogenated alkanes) is 2. The molecule has 0 spiro atoms. The van der Waals surface area contributed by atoms with Crippen molar-refractivity contribution < 1.29 is 28.0 Å². The second-order valence-electron chi connectivity index (χ2n) is 15.5. The lowest BCUT2D eigenvalue weighted by Crippen LogP contribution is -2.38. The summed E-state index contributed by atoms with van der Waals surface area (Å²) in [5, 5.41) is 13.3. The third kappa shape index (κ3) is 10.1. The maximum absolute atomic E-state index is 9.83. The number of aromatic nitrogens is 6. The van der Waals surface area contributed by atoms with Crippen LogP contribution in [0.5, 0.6) is 11.5 Å². The monoisotopic (exact) mass is 880 g/mol. The first-order chi connectivity index (χ1) is 31.5. The van der Waals surface area contributed by atoms with E-state index in [4.69, 9.17) is 38.0 Å². The molecule has 0 bridgehead atoms. The minimum Gasteiger partial charge on any atom is -0.497 e. The summed E-state index contributed by atoms with van der Waals surface area (Å²) in [6, 6.07) is 38.5.